The largest absolute Gasteiger partial charge is 0.493 e. The molecule has 0 spiro atoms. The van der Waals surface area contributed by atoms with Gasteiger partial charge in [0.1, 0.15) is 5.75 Å². The Kier molecular flexibility index (Phi) is 4.76. The summed E-state index contributed by atoms with van der Waals surface area (Å²) < 4.78 is 6.93. The fraction of sp³-hybridized carbons (Fsp3) is 0.294. The number of hydrogen-bond donors (Lipinski definition) is 1. The number of ether oxygens (including phenoxy) is 1. The molecule has 2 nitrogen and oxygen atoms in total. The van der Waals surface area contributed by atoms with Gasteiger partial charge in [-0.1, -0.05) is 28.1 Å². The van der Waals surface area contributed by atoms with E-state index in [2.05, 4.69) is 70.0 Å². The van der Waals surface area contributed by atoms with Gasteiger partial charge < -0.3 is 10.1 Å². The van der Waals surface area contributed by atoms with Crippen LogP contribution in [0.3, 0.4) is 0 Å². The Bertz CT molecular complexity index is 632. The molecule has 1 aliphatic heterocycles. The van der Waals surface area contributed by atoms with Crippen molar-refractivity contribution in [3.05, 3.63) is 52.5 Å². The molecule has 1 heterocycles. The fourth-order valence-electron chi connectivity index (χ4n) is 2.61. The van der Waals surface area contributed by atoms with Gasteiger partial charge in [0.15, 0.2) is 0 Å². The van der Waals surface area contributed by atoms with Gasteiger partial charge in [-0.3, -0.25) is 0 Å². The molecule has 1 atom stereocenters. The second kappa shape index (κ2) is 6.75. The first-order chi connectivity index (χ1) is 10.3. The van der Waals surface area contributed by atoms with Crippen LogP contribution in [0.4, 0.5) is 5.69 Å². The average Bonchev–Trinajstić information content (AvgIpc) is 2.69. The van der Waals surface area contributed by atoms with Crippen LogP contribution in [-0.4, -0.2) is 12.9 Å². The van der Waals surface area contributed by atoms with Gasteiger partial charge in [-0.15, -0.1) is 11.8 Å². The molecule has 0 bridgehead atoms. The number of thioether (sulfide) groups is 1. The molecular weight excluding hydrogens is 346 g/mol. The molecule has 0 saturated carbocycles. The van der Waals surface area contributed by atoms with Crippen LogP contribution in [0.5, 0.6) is 5.75 Å². The van der Waals surface area contributed by atoms with E-state index in [4.69, 9.17) is 4.74 Å². The van der Waals surface area contributed by atoms with E-state index in [0.29, 0.717) is 6.04 Å². The maximum absolute atomic E-state index is 5.87. The zero-order chi connectivity index (χ0) is 14.7. The highest BCUT2D eigenvalue weighted by atomic mass is 79.9. The quantitative estimate of drug-likeness (QED) is 0.727. The van der Waals surface area contributed by atoms with E-state index < -0.39 is 0 Å². The molecule has 1 N–H and O–H groups in total. The van der Waals surface area contributed by atoms with Crippen LogP contribution in [0.1, 0.15) is 24.4 Å². The zero-order valence-corrected chi connectivity index (χ0v) is 14.3. The molecule has 0 fully saturated rings. The summed E-state index contributed by atoms with van der Waals surface area (Å²) >= 11 is 5.28. The predicted octanol–water partition coefficient (Wildman–Crippen LogP) is 5.50. The summed E-state index contributed by atoms with van der Waals surface area (Å²) in [5, 5.41) is 3.66. The third-order valence-corrected chi connectivity index (χ3v) is 4.87. The predicted molar refractivity (Wildman–Crippen MR) is 93.5 cm³/mol. The van der Waals surface area contributed by atoms with Gasteiger partial charge in [0.05, 0.1) is 12.6 Å². The highest BCUT2D eigenvalue weighted by Gasteiger charge is 2.19. The Morgan fingerprint density at radius 2 is 2.14 bits per heavy atom. The van der Waals surface area contributed by atoms with Crippen molar-refractivity contribution in [1.82, 2.24) is 0 Å². The van der Waals surface area contributed by atoms with E-state index in [1.165, 1.54) is 16.1 Å². The van der Waals surface area contributed by atoms with Gasteiger partial charge in [-0.2, -0.15) is 0 Å². The van der Waals surface area contributed by atoms with Crippen LogP contribution in [0.25, 0.3) is 0 Å². The first-order valence-electron chi connectivity index (χ1n) is 7.09. The summed E-state index contributed by atoms with van der Waals surface area (Å²) in [6, 6.07) is 15.2. The van der Waals surface area contributed by atoms with Gasteiger partial charge in [-0.05, 0) is 49.4 Å². The minimum absolute atomic E-state index is 0.299. The molecule has 110 valence electrons. The van der Waals surface area contributed by atoms with Gasteiger partial charge in [-0.25, -0.2) is 0 Å². The topological polar surface area (TPSA) is 21.3 Å². The summed E-state index contributed by atoms with van der Waals surface area (Å²) in [6.07, 6.45) is 4.25. The van der Waals surface area contributed by atoms with E-state index in [0.717, 1.165) is 29.7 Å². The van der Waals surface area contributed by atoms with Crippen molar-refractivity contribution in [3.63, 3.8) is 0 Å². The van der Waals surface area contributed by atoms with Crippen LogP contribution < -0.4 is 10.1 Å². The second-order valence-corrected chi connectivity index (χ2v) is 6.90. The monoisotopic (exact) mass is 363 g/mol. The van der Waals surface area contributed by atoms with E-state index in [9.17, 15) is 0 Å². The molecule has 2 aromatic carbocycles. The van der Waals surface area contributed by atoms with E-state index in [1.54, 1.807) is 11.8 Å². The zero-order valence-electron chi connectivity index (χ0n) is 11.9. The first-order valence-corrected chi connectivity index (χ1v) is 9.11. The molecule has 1 aliphatic rings. The average molecular weight is 364 g/mol. The highest BCUT2D eigenvalue weighted by molar-refractivity contribution is 9.10. The maximum Gasteiger partial charge on any atom is 0.125 e. The Labute approximate surface area is 138 Å². The Balaban J connectivity index is 1.88. The molecule has 3 rings (SSSR count). The number of fused-ring (bicyclic) bond motifs is 1. The van der Waals surface area contributed by atoms with Crippen molar-refractivity contribution in [2.75, 3.05) is 18.2 Å². The Hall–Kier alpha value is -1.13. The smallest absolute Gasteiger partial charge is 0.125 e. The molecule has 4 heteroatoms. The van der Waals surface area contributed by atoms with Gasteiger partial charge in [0, 0.05) is 20.6 Å². The standard InChI is InChI=1S/C17H18BrNOS/c1-21-14-5-2-4-13(11-14)19-16-6-3-9-20-17-10-12(18)7-8-15(16)17/h2,4-5,7-8,10-11,16,19H,3,6,9H2,1H3. The van der Waals surface area contributed by atoms with Crippen LogP contribution in [0.2, 0.25) is 0 Å². The van der Waals surface area contributed by atoms with Crippen LogP contribution in [0, 0.1) is 0 Å². The molecule has 2 aromatic rings. The van der Waals surface area contributed by atoms with E-state index in [-0.39, 0.29) is 0 Å². The third kappa shape index (κ3) is 3.55. The van der Waals surface area contributed by atoms with Gasteiger partial charge >= 0.3 is 0 Å². The van der Waals surface area contributed by atoms with E-state index >= 15 is 0 Å². The minimum atomic E-state index is 0.299. The molecule has 0 amide bonds. The summed E-state index contributed by atoms with van der Waals surface area (Å²) in [5.74, 6) is 0.986. The lowest BCUT2D eigenvalue weighted by atomic mass is 10.0. The SMILES string of the molecule is CSc1cccc(NC2CCCOc3cc(Br)ccc32)c1. The van der Waals surface area contributed by atoms with E-state index in [1.807, 2.05) is 0 Å². The second-order valence-electron chi connectivity index (χ2n) is 5.10. The number of hydrogen-bond acceptors (Lipinski definition) is 3. The third-order valence-electron chi connectivity index (χ3n) is 3.66. The summed E-state index contributed by atoms with van der Waals surface area (Å²) in [7, 11) is 0. The number of benzene rings is 2. The number of halogens is 1. The molecule has 0 saturated heterocycles. The lowest BCUT2D eigenvalue weighted by Gasteiger charge is -2.20. The number of nitrogens with one attached hydrogen (secondary N) is 1. The minimum Gasteiger partial charge on any atom is -0.493 e. The maximum atomic E-state index is 5.87. The number of anilines is 1. The van der Waals surface area contributed by atoms with Crippen molar-refractivity contribution in [3.8, 4) is 5.75 Å². The normalized spacial score (nSPS) is 17.5. The molecule has 0 radical (unpaired) electrons. The van der Waals surface area contributed by atoms with Crippen molar-refractivity contribution in [1.29, 1.82) is 0 Å². The van der Waals surface area contributed by atoms with Crippen molar-refractivity contribution in [2.45, 2.75) is 23.8 Å². The summed E-state index contributed by atoms with van der Waals surface area (Å²) in [6.45, 7) is 0.784. The number of rotatable bonds is 3. The molecule has 0 aromatic heterocycles. The lowest BCUT2D eigenvalue weighted by Crippen LogP contribution is -2.10. The molecule has 0 aliphatic carbocycles. The van der Waals surface area contributed by atoms with Crippen molar-refractivity contribution in [2.24, 2.45) is 0 Å². The molecule has 1 unspecified atom stereocenters. The summed E-state index contributed by atoms with van der Waals surface area (Å²) in [5.41, 5.74) is 2.41. The van der Waals surface area contributed by atoms with Gasteiger partial charge in [0.25, 0.3) is 0 Å². The van der Waals surface area contributed by atoms with Crippen LogP contribution >= 0.6 is 27.7 Å². The Morgan fingerprint density at radius 3 is 3.00 bits per heavy atom. The highest BCUT2D eigenvalue weighted by Crippen LogP contribution is 2.36. The van der Waals surface area contributed by atoms with Crippen LogP contribution in [-0.2, 0) is 0 Å². The van der Waals surface area contributed by atoms with Gasteiger partial charge in [0.2, 0.25) is 0 Å². The fourth-order valence-corrected chi connectivity index (χ4v) is 3.41. The summed E-state index contributed by atoms with van der Waals surface area (Å²) in [4.78, 5) is 1.28. The molecule has 21 heavy (non-hydrogen) atoms. The Morgan fingerprint density at radius 1 is 1.24 bits per heavy atom. The van der Waals surface area contributed by atoms with Crippen LogP contribution in [0.15, 0.2) is 51.8 Å². The van der Waals surface area contributed by atoms with Crippen molar-refractivity contribution < 1.29 is 4.74 Å². The van der Waals surface area contributed by atoms with Crippen molar-refractivity contribution >= 4 is 33.4 Å². The first kappa shape index (κ1) is 14.8. The lowest BCUT2D eigenvalue weighted by molar-refractivity contribution is 0.316. The molecular formula is C17H18BrNOS.